The molecule has 0 atom stereocenters. The summed E-state index contributed by atoms with van der Waals surface area (Å²) in [5.41, 5.74) is 1.43. The molecule has 5 heteroatoms. The van der Waals surface area contributed by atoms with E-state index in [9.17, 15) is 0 Å². The Labute approximate surface area is 122 Å². The molecule has 0 spiro atoms. The molecule has 19 heavy (non-hydrogen) atoms. The van der Waals surface area contributed by atoms with Gasteiger partial charge in [0.15, 0.2) is 0 Å². The first-order chi connectivity index (χ1) is 9.26. The maximum atomic E-state index is 5.84. The predicted octanol–water partition coefficient (Wildman–Crippen LogP) is 4.12. The molecule has 0 amide bonds. The third-order valence-electron chi connectivity index (χ3n) is 2.87. The normalized spacial score (nSPS) is 11.9. The second-order valence-corrected chi connectivity index (χ2v) is 7.83. The molecule has 0 N–H and O–H groups in total. The van der Waals surface area contributed by atoms with E-state index in [-0.39, 0.29) is 0 Å². The minimum Gasteiger partial charge on any atom is -0.374 e. The van der Waals surface area contributed by atoms with Crippen LogP contribution < -0.4 is 0 Å². The minimum atomic E-state index is -2.41. The van der Waals surface area contributed by atoms with Crippen molar-refractivity contribution in [2.75, 3.05) is 19.8 Å². The SMILES string of the molecule is CCO[Si](CCCCc1ccsc1)(OCC)OCC. The van der Waals surface area contributed by atoms with Gasteiger partial charge in [-0.2, -0.15) is 11.3 Å². The zero-order valence-electron chi connectivity index (χ0n) is 12.3. The van der Waals surface area contributed by atoms with Gasteiger partial charge in [-0.3, -0.25) is 0 Å². The van der Waals surface area contributed by atoms with Crippen molar-refractivity contribution in [1.29, 1.82) is 0 Å². The summed E-state index contributed by atoms with van der Waals surface area (Å²) >= 11 is 1.76. The van der Waals surface area contributed by atoms with E-state index in [4.69, 9.17) is 13.3 Å². The monoisotopic (exact) mass is 302 g/mol. The highest BCUT2D eigenvalue weighted by Gasteiger charge is 2.39. The van der Waals surface area contributed by atoms with E-state index in [1.807, 2.05) is 20.8 Å². The molecular weight excluding hydrogens is 276 g/mol. The Hall–Kier alpha value is -0.203. The third kappa shape index (κ3) is 6.18. The van der Waals surface area contributed by atoms with E-state index in [0.717, 1.165) is 18.9 Å². The van der Waals surface area contributed by atoms with Crippen molar-refractivity contribution in [2.45, 2.75) is 46.1 Å². The summed E-state index contributed by atoms with van der Waals surface area (Å²) in [6.07, 6.45) is 3.40. The Balaban J connectivity index is 2.37. The fourth-order valence-electron chi connectivity index (χ4n) is 2.11. The van der Waals surface area contributed by atoms with Crippen molar-refractivity contribution in [1.82, 2.24) is 0 Å². The van der Waals surface area contributed by atoms with Gasteiger partial charge in [0.05, 0.1) is 0 Å². The Morgan fingerprint density at radius 1 is 1.00 bits per heavy atom. The van der Waals surface area contributed by atoms with Crippen LogP contribution in [0.15, 0.2) is 16.8 Å². The first kappa shape index (κ1) is 16.9. The van der Waals surface area contributed by atoms with Gasteiger partial charge < -0.3 is 13.3 Å². The Morgan fingerprint density at radius 2 is 1.63 bits per heavy atom. The molecule has 0 saturated carbocycles. The average molecular weight is 303 g/mol. The molecule has 0 aliphatic heterocycles. The molecule has 1 heterocycles. The fourth-order valence-corrected chi connectivity index (χ4v) is 5.50. The van der Waals surface area contributed by atoms with Crippen molar-refractivity contribution in [3.63, 3.8) is 0 Å². The summed E-state index contributed by atoms with van der Waals surface area (Å²) < 4.78 is 17.5. The lowest BCUT2D eigenvalue weighted by atomic mass is 10.2. The van der Waals surface area contributed by atoms with Crippen LogP contribution in [0.25, 0.3) is 0 Å². The van der Waals surface area contributed by atoms with Crippen LogP contribution in [0, 0.1) is 0 Å². The summed E-state index contributed by atoms with van der Waals surface area (Å²) in [6.45, 7) is 8.01. The highest BCUT2D eigenvalue weighted by Crippen LogP contribution is 2.20. The maximum Gasteiger partial charge on any atom is 0.500 e. The Bertz CT molecular complexity index is 299. The standard InChI is InChI=1S/C14H26O3SSi/c1-4-15-19(16-5-2,17-6-3)12-8-7-9-14-10-11-18-13-14/h10-11,13H,4-9,12H2,1-3H3. The molecule has 0 unspecified atom stereocenters. The highest BCUT2D eigenvalue weighted by molar-refractivity contribution is 7.07. The zero-order chi connectivity index (χ0) is 14.0. The topological polar surface area (TPSA) is 27.7 Å². The second-order valence-electron chi connectivity index (χ2n) is 4.32. The maximum absolute atomic E-state index is 5.84. The number of hydrogen-bond donors (Lipinski definition) is 0. The second kappa shape index (κ2) is 9.66. The molecule has 0 saturated heterocycles. The summed E-state index contributed by atoms with van der Waals surface area (Å²) in [4.78, 5) is 0. The molecule has 1 rings (SSSR count). The average Bonchev–Trinajstić information content (AvgIpc) is 2.89. The quantitative estimate of drug-likeness (QED) is 0.454. The van der Waals surface area contributed by atoms with Gasteiger partial charge in [-0.25, -0.2) is 0 Å². The van der Waals surface area contributed by atoms with Crippen molar-refractivity contribution in [2.24, 2.45) is 0 Å². The molecule has 0 aliphatic rings. The lowest BCUT2D eigenvalue weighted by Gasteiger charge is -2.28. The van der Waals surface area contributed by atoms with Crippen molar-refractivity contribution in [3.05, 3.63) is 22.4 Å². The molecule has 0 aliphatic carbocycles. The van der Waals surface area contributed by atoms with E-state index in [1.165, 1.54) is 12.0 Å². The van der Waals surface area contributed by atoms with E-state index >= 15 is 0 Å². The molecule has 0 fully saturated rings. The molecule has 110 valence electrons. The van der Waals surface area contributed by atoms with Crippen LogP contribution in [-0.2, 0) is 19.7 Å². The van der Waals surface area contributed by atoms with Gasteiger partial charge in [-0.1, -0.05) is 0 Å². The van der Waals surface area contributed by atoms with Crippen LogP contribution in [0.5, 0.6) is 0 Å². The van der Waals surface area contributed by atoms with Crippen LogP contribution in [0.2, 0.25) is 6.04 Å². The van der Waals surface area contributed by atoms with E-state index in [1.54, 1.807) is 11.3 Å². The predicted molar refractivity (Wildman–Crippen MR) is 82.7 cm³/mol. The van der Waals surface area contributed by atoms with Crippen molar-refractivity contribution < 1.29 is 13.3 Å². The summed E-state index contributed by atoms with van der Waals surface area (Å²) in [6, 6.07) is 3.12. The number of aryl methyl sites for hydroxylation is 1. The number of unbranched alkanes of at least 4 members (excludes halogenated alkanes) is 1. The van der Waals surface area contributed by atoms with Gasteiger partial charge in [-0.15, -0.1) is 0 Å². The summed E-state index contributed by atoms with van der Waals surface area (Å²) in [5, 5.41) is 4.35. The smallest absolute Gasteiger partial charge is 0.374 e. The van der Waals surface area contributed by atoms with Crippen molar-refractivity contribution >= 4 is 20.1 Å². The Kier molecular flexibility index (Phi) is 8.57. The molecule has 0 radical (unpaired) electrons. The van der Waals surface area contributed by atoms with Crippen LogP contribution in [0.4, 0.5) is 0 Å². The lowest BCUT2D eigenvalue weighted by Crippen LogP contribution is -2.45. The van der Waals surface area contributed by atoms with Crippen LogP contribution in [-0.4, -0.2) is 28.6 Å². The summed E-state index contributed by atoms with van der Waals surface area (Å²) in [5.74, 6) is 0. The molecule has 3 nitrogen and oxygen atoms in total. The van der Waals surface area contributed by atoms with Gasteiger partial charge >= 0.3 is 8.80 Å². The van der Waals surface area contributed by atoms with Crippen LogP contribution in [0.3, 0.4) is 0 Å². The van der Waals surface area contributed by atoms with Crippen molar-refractivity contribution in [3.8, 4) is 0 Å². The third-order valence-corrected chi connectivity index (χ3v) is 6.75. The van der Waals surface area contributed by atoms with Crippen LogP contribution >= 0.6 is 11.3 Å². The van der Waals surface area contributed by atoms with Gasteiger partial charge in [-0.05, 0) is 62.4 Å². The van der Waals surface area contributed by atoms with E-state index in [0.29, 0.717) is 19.8 Å². The number of thiophene rings is 1. The van der Waals surface area contributed by atoms with Gasteiger partial charge in [0.25, 0.3) is 0 Å². The first-order valence-electron chi connectivity index (χ1n) is 7.19. The van der Waals surface area contributed by atoms with Gasteiger partial charge in [0, 0.05) is 25.9 Å². The van der Waals surface area contributed by atoms with Crippen LogP contribution in [0.1, 0.15) is 39.2 Å². The number of rotatable bonds is 11. The lowest BCUT2D eigenvalue weighted by molar-refractivity contribution is 0.0707. The zero-order valence-corrected chi connectivity index (χ0v) is 14.1. The fraction of sp³-hybridized carbons (Fsp3) is 0.714. The molecule has 1 aromatic rings. The van der Waals surface area contributed by atoms with E-state index in [2.05, 4.69) is 16.8 Å². The number of hydrogen-bond acceptors (Lipinski definition) is 4. The Morgan fingerprint density at radius 3 is 2.11 bits per heavy atom. The molecule has 0 aromatic carbocycles. The highest BCUT2D eigenvalue weighted by atomic mass is 32.1. The molecular formula is C14H26O3SSi. The summed E-state index contributed by atoms with van der Waals surface area (Å²) in [7, 11) is -2.41. The first-order valence-corrected chi connectivity index (χ1v) is 10.1. The van der Waals surface area contributed by atoms with Gasteiger partial charge in [0.1, 0.15) is 0 Å². The van der Waals surface area contributed by atoms with E-state index < -0.39 is 8.80 Å². The molecule has 1 aromatic heterocycles. The minimum absolute atomic E-state index is 0.663. The largest absolute Gasteiger partial charge is 0.500 e. The molecule has 0 bridgehead atoms. The van der Waals surface area contributed by atoms with Gasteiger partial charge in [0.2, 0.25) is 0 Å².